The van der Waals surface area contributed by atoms with E-state index >= 15 is 0 Å². The number of hydrogen-bond donors (Lipinski definition) is 1. The van der Waals surface area contributed by atoms with E-state index < -0.39 is 5.82 Å². The molecular formula is C16H21FN2. The molecule has 1 N–H and O–H groups in total. The average molecular weight is 260 g/mol. The van der Waals surface area contributed by atoms with Crippen LogP contribution >= 0.6 is 0 Å². The second-order valence-corrected chi connectivity index (χ2v) is 4.90. The lowest BCUT2D eigenvalue weighted by molar-refractivity contribution is 0.623. The highest BCUT2D eigenvalue weighted by atomic mass is 19.1. The fraction of sp³-hybridized carbons (Fsp3) is 0.438. The second kappa shape index (κ2) is 7.70. The van der Waals surface area contributed by atoms with Crippen molar-refractivity contribution in [3.63, 3.8) is 0 Å². The van der Waals surface area contributed by atoms with Crippen LogP contribution in [0.4, 0.5) is 4.39 Å². The molecule has 19 heavy (non-hydrogen) atoms. The van der Waals surface area contributed by atoms with Crippen molar-refractivity contribution in [2.45, 2.75) is 27.2 Å². The van der Waals surface area contributed by atoms with Crippen molar-refractivity contribution in [1.82, 2.24) is 5.32 Å². The van der Waals surface area contributed by atoms with Crippen LogP contribution in [0.2, 0.25) is 0 Å². The zero-order valence-corrected chi connectivity index (χ0v) is 11.8. The van der Waals surface area contributed by atoms with E-state index in [9.17, 15) is 4.39 Å². The summed E-state index contributed by atoms with van der Waals surface area (Å²) in [6.07, 6.45) is 3.13. The number of nitriles is 1. The maximum atomic E-state index is 13.3. The smallest absolute Gasteiger partial charge is 0.140 e. The maximum absolute atomic E-state index is 13.3. The standard InChI is InChI=1S/C16H21FN2/c1-4-7-19-11-15(12(2)3)9-13-5-6-16(17)14(8-13)10-18/h5-6,8-9,12,19H,4,7,11H2,1-3H3/b15-9-. The minimum absolute atomic E-state index is 0.0957. The van der Waals surface area contributed by atoms with Gasteiger partial charge in [0.25, 0.3) is 0 Å². The number of hydrogen-bond acceptors (Lipinski definition) is 2. The van der Waals surface area contributed by atoms with E-state index in [0.717, 1.165) is 25.1 Å². The van der Waals surface area contributed by atoms with E-state index in [1.165, 1.54) is 11.6 Å². The second-order valence-electron chi connectivity index (χ2n) is 4.90. The van der Waals surface area contributed by atoms with Crippen LogP contribution in [-0.4, -0.2) is 13.1 Å². The van der Waals surface area contributed by atoms with Crippen molar-refractivity contribution >= 4 is 6.08 Å². The SMILES string of the molecule is CCCNC/C(=C/c1ccc(F)c(C#N)c1)C(C)C. The average Bonchev–Trinajstić information content (AvgIpc) is 2.39. The highest BCUT2D eigenvalue weighted by molar-refractivity contribution is 5.56. The van der Waals surface area contributed by atoms with Crippen LogP contribution in [-0.2, 0) is 0 Å². The first-order valence-electron chi connectivity index (χ1n) is 6.69. The van der Waals surface area contributed by atoms with Gasteiger partial charge in [0.15, 0.2) is 0 Å². The molecule has 0 bridgehead atoms. The Balaban J connectivity index is 2.92. The molecule has 0 aliphatic carbocycles. The molecule has 1 aromatic rings. The van der Waals surface area contributed by atoms with Crippen molar-refractivity contribution in [3.05, 3.63) is 40.7 Å². The van der Waals surface area contributed by atoms with Gasteiger partial charge in [0.2, 0.25) is 0 Å². The Morgan fingerprint density at radius 3 is 2.79 bits per heavy atom. The molecule has 2 nitrogen and oxygen atoms in total. The third-order valence-electron chi connectivity index (χ3n) is 2.96. The van der Waals surface area contributed by atoms with Gasteiger partial charge in [0.1, 0.15) is 11.9 Å². The summed E-state index contributed by atoms with van der Waals surface area (Å²) in [7, 11) is 0. The fourth-order valence-electron chi connectivity index (χ4n) is 1.76. The Morgan fingerprint density at radius 2 is 2.21 bits per heavy atom. The van der Waals surface area contributed by atoms with Gasteiger partial charge in [0, 0.05) is 6.54 Å². The zero-order valence-electron chi connectivity index (χ0n) is 11.8. The summed E-state index contributed by atoms with van der Waals surface area (Å²) >= 11 is 0. The van der Waals surface area contributed by atoms with Gasteiger partial charge in [-0.25, -0.2) is 4.39 Å². The molecule has 0 radical (unpaired) electrons. The van der Waals surface area contributed by atoms with Gasteiger partial charge in [-0.3, -0.25) is 0 Å². The highest BCUT2D eigenvalue weighted by Crippen LogP contribution is 2.16. The molecule has 0 atom stereocenters. The number of nitrogens with one attached hydrogen (secondary N) is 1. The van der Waals surface area contributed by atoms with E-state index in [1.807, 2.05) is 12.1 Å². The molecule has 1 rings (SSSR count). The number of rotatable bonds is 6. The summed E-state index contributed by atoms with van der Waals surface area (Å²) in [6, 6.07) is 6.52. The van der Waals surface area contributed by atoms with Crippen LogP contribution in [0, 0.1) is 23.1 Å². The van der Waals surface area contributed by atoms with E-state index in [1.54, 1.807) is 12.1 Å². The molecule has 0 unspecified atom stereocenters. The van der Waals surface area contributed by atoms with Crippen LogP contribution in [0.3, 0.4) is 0 Å². The minimum Gasteiger partial charge on any atom is -0.313 e. The lowest BCUT2D eigenvalue weighted by Gasteiger charge is -2.12. The van der Waals surface area contributed by atoms with E-state index in [-0.39, 0.29) is 5.56 Å². The Bertz CT molecular complexity index is 484. The van der Waals surface area contributed by atoms with Crippen LogP contribution in [0.1, 0.15) is 38.3 Å². The lowest BCUT2D eigenvalue weighted by atomic mass is 9.99. The van der Waals surface area contributed by atoms with Crippen molar-refractivity contribution in [2.24, 2.45) is 5.92 Å². The van der Waals surface area contributed by atoms with E-state index in [0.29, 0.717) is 5.92 Å². The molecule has 0 heterocycles. The van der Waals surface area contributed by atoms with Crippen LogP contribution in [0.5, 0.6) is 0 Å². The molecule has 0 saturated heterocycles. The van der Waals surface area contributed by atoms with Gasteiger partial charge in [0.05, 0.1) is 5.56 Å². The topological polar surface area (TPSA) is 35.8 Å². The minimum atomic E-state index is -0.463. The maximum Gasteiger partial charge on any atom is 0.140 e. The lowest BCUT2D eigenvalue weighted by Crippen LogP contribution is -2.19. The Labute approximate surface area is 114 Å². The summed E-state index contributed by atoms with van der Waals surface area (Å²) in [6.45, 7) is 8.20. The molecule has 0 fully saturated rings. The van der Waals surface area contributed by atoms with Crippen LogP contribution in [0.25, 0.3) is 6.08 Å². The molecular weight excluding hydrogens is 239 g/mol. The van der Waals surface area contributed by atoms with Gasteiger partial charge in [-0.2, -0.15) is 5.26 Å². The van der Waals surface area contributed by atoms with Gasteiger partial charge < -0.3 is 5.32 Å². The molecule has 0 amide bonds. The Morgan fingerprint density at radius 1 is 1.47 bits per heavy atom. The fourth-order valence-corrected chi connectivity index (χ4v) is 1.76. The molecule has 102 valence electrons. The summed E-state index contributed by atoms with van der Waals surface area (Å²) in [5.74, 6) is -0.0465. The van der Waals surface area contributed by atoms with Crippen molar-refractivity contribution in [1.29, 1.82) is 5.26 Å². The van der Waals surface area contributed by atoms with Gasteiger partial charge in [-0.15, -0.1) is 0 Å². The summed E-state index contributed by atoms with van der Waals surface area (Å²) in [5, 5.41) is 12.2. The molecule has 1 aromatic carbocycles. The van der Waals surface area contributed by atoms with E-state index in [2.05, 4.69) is 26.1 Å². The third-order valence-corrected chi connectivity index (χ3v) is 2.96. The van der Waals surface area contributed by atoms with Crippen molar-refractivity contribution in [2.75, 3.05) is 13.1 Å². The van der Waals surface area contributed by atoms with Crippen LogP contribution in [0.15, 0.2) is 23.8 Å². The normalized spacial score (nSPS) is 11.7. The summed E-state index contributed by atoms with van der Waals surface area (Å²) < 4.78 is 13.3. The number of halogens is 1. The van der Waals surface area contributed by atoms with Gasteiger partial charge >= 0.3 is 0 Å². The molecule has 0 aliphatic rings. The predicted molar refractivity (Wildman–Crippen MR) is 77.1 cm³/mol. The van der Waals surface area contributed by atoms with Crippen molar-refractivity contribution in [3.8, 4) is 6.07 Å². The van der Waals surface area contributed by atoms with Crippen LogP contribution < -0.4 is 5.32 Å². The molecule has 0 spiro atoms. The first kappa shape index (κ1) is 15.4. The molecule has 3 heteroatoms. The highest BCUT2D eigenvalue weighted by Gasteiger charge is 2.05. The molecule has 0 saturated carbocycles. The first-order chi connectivity index (χ1) is 9.08. The van der Waals surface area contributed by atoms with Crippen molar-refractivity contribution < 1.29 is 4.39 Å². The summed E-state index contributed by atoms with van der Waals surface area (Å²) in [5.41, 5.74) is 2.22. The number of nitrogens with zero attached hydrogens (tertiary/aromatic N) is 1. The quantitative estimate of drug-likeness (QED) is 0.791. The molecule has 0 aromatic heterocycles. The monoisotopic (exact) mass is 260 g/mol. The first-order valence-corrected chi connectivity index (χ1v) is 6.69. The van der Waals surface area contributed by atoms with E-state index in [4.69, 9.17) is 5.26 Å². The Hall–Kier alpha value is -1.66. The zero-order chi connectivity index (χ0) is 14.3. The molecule has 0 aliphatic heterocycles. The summed E-state index contributed by atoms with van der Waals surface area (Å²) in [4.78, 5) is 0. The largest absolute Gasteiger partial charge is 0.313 e. The predicted octanol–water partition coefficient (Wildman–Crippen LogP) is 3.74. The van der Waals surface area contributed by atoms with Gasteiger partial charge in [-0.1, -0.05) is 38.5 Å². The third kappa shape index (κ3) is 4.84. The Kier molecular flexibility index (Phi) is 6.24. The van der Waals surface area contributed by atoms with Gasteiger partial charge in [-0.05, 0) is 36.6 Å². The number of benzene rings is 1.